The number of amides is 1. The molecule has 3 rings (SSSR count). The van der Waals surface area contributed by atoms with Crippen molar-refractivity contribution >= 4 is 40.0 Å². The van der Waals surface area contributed by atoms with Crippen LogP contribution in [0.5, 0.6) is 0 Å². The average molecular weight is 390 g/mol. The number of fused-ring (bicyclic) bond motifs is 1. The van der Waals surface area contributed by atoms with Crippen molar-refractivity contribution in [3.63, 3.8) is 0 Å². The molecule has 0 bridgehead atoms. The molecule has 1 amide bonds. The number of halogens is 2. The Morgan fingerprint density at radius 1 is 1.23 bits per heavy atom. The van der Waals surface area contributed by atoms with Crippen LogP contribution in [-0.2, 0) is 17.9 Å². The van der Waals surface area contributed by atoms with Crippen LogP contribution in [0, 0.1) is 6.92 Å². The normalized spacial score (nSPS) is 10.9. The summed E-state index contributed by atoms with van der Waals surface area (Å²) in [7, 11) is 1.71. The van der Waals surface area contributed by atoms with Crippen LogP contribution in [0.1, 0.15) is 11.1 Å². The van der Waals surface area contributed by atoms with E-state index >= 15 is 0 Å². The van der Waals surface area contributed by atoms with Crippen molar-refractivity contribution in [2.24, 2.45) is 0 Å². The fourth-order valence-corrected chi connectivity index (χ4v) is 3.25. The van der Waals surface area contributed by atoms with Crippen molar-refractivity contribution in [3.05, 3.63) is 74.3 Å². The highest BCUT2D eigenvalue weighted by Crippen LogP contribution is 2.23. The van der Waals surface area contributed by atoms with Gasteiger partial charge >= 0.3 is 0 Å². The summed E-state index contributed by atoms with van der Waals surface area (Å²) in [6.45, 7) is 2.37. The molecule has 0 unspecified atom stereocenters. The van der Waals surface area contributed by atoms with Crippen LogP contribution in [0.2, 0.25) is 10.0 Å². The summed E-state index contributed by atoms with van der Waals surface area (Å²) in [4.78, 5) is 31.0. The lowest BCUT2D eigenvalue weighted by molar-refractivity contribution is -0.131. The number of aryl methyl sites for hydroxylation is 1. The van der Waals surface area contributed by atoms with E-state index in [9.17, 15) is 9.59 Å². The Hall–Kier alpha value is -2.37. The van der Waals surface area contributed by atoms with Gasteiger partial charge in [0.2, 0.25) is 5.91 Å². The fraction of sp³-hybridized carbons (Fsp3) is 0.211. The lowest BCUT2D eigenvalue weighted by Gasteiger charge is -2.19. The van der Waals surface area contributed by atoms with Crippen LogP contribution < -0.4 is 5.56 Å². The van der Waals surface area contributed by atoms with Gasteiger partial charge in [-0.3, -0.25) is 14.2 Å². The number of benzene rings is 2. The highest BCUT2D eigenvalue weighted by atomic mass is 35.5. The van der Waals surface area contributed by atoms with Gasteiger partial charge in [-0.1, -0.05) is 47.5 Å². The minimum absolute atomic E-state index is 0.103. The number of rotatable bonds is 4. The first-order chi connectivity index (χ1) is 12.4. The summed E-state index contributed by atoms with van der Waals surface area (Å²) in [6.07, 6.45) is 1.34. The summed E-state index contributed by atoms with van der Waals surface area (Å²) >= 11 is 12.1. The Balaban J connectivity index is 1.84. The smallest absolute Gasteiger partial charge is 0.261 e. The molecular formula is C19H17Cl2N3O2. The van der Waals surface area contributed by atoms with Gasteiger partial charge in [0, 0.05) is 18.6 Å². The van der Waals surface area contributed by atoms with Crippen molar-refractivity contribution < 1.29 is 4.79 Å². The van der Waals surface area contributed by atoms with Crippen LogP contribution in [0.15, 0.2) is 47.5 Å². The maximum Gasteiger partial charge on any atom is 0.261 e. The predicted molar refractivity (Wildman–Crippen MR) is 104 cm³/mol. The van der Waals surface area contributed by atoms with Crippen LogP contribution in [0.25, 0.3) is 10.9 Å². The zero-order valence-corrected chi connectivity index (χ0v) is 15.9. The maximum absolute atomic E-state index is 12.6. The van der Waals surface area contributed by atoms with Crippen LogP contribution in [0.3, 0.4) is 0 Å². The molecule has 0 aliphatic carbocycles. The van der Waals surface area contributed by atoms with Crippen molar-refractivity contribution in [1.29, 1.82) is 0 Å². The highest BCUT2D eigenvalue weighted by Gasteiger charge is 2.14. The first-order valence-corrected chi connectivity index (χ1v) is 8.75. The van der Waals surface area contributed by atoms with Crippen molar-refractivity contribution in [1.82, 2.24) is 14.5 Å². The number of aromatic nitrogens is 2. The Labute approximate surface area is 160 Å². The van der Waals surface area contributed by atoms with Gasteiger partial charge in [0.25, 0.3) is 5.56 Å². The second kappa shape index (κ2) is 7.48. The van der Waals surface area contributed by atoms with E-state index < -0.39 is 0 Å². The average Bonchev–Trinajstić information content (AvgIpc) is 2.59. The molecule has 3 aromatic rings. The van der Waals surface area contributed by atoms with E-state index in [1.54, 1.807) is 11.9 Å². The van der Waals surface area contributed by atoms with E-state index in [1.165, 1.54) is 23.0 Å². The molecule has 0 atom stereocenters. The predicted octanol–water partition coefficient (Wildman–Crippen LogP) is 3.67. The van der Waals surface area contributed by atoms with Gasteiger partial charge in [0.1, 0.15) is 6.54 Å². The van der Waals surface area contributed by atoms with Crippen molar-refractivity contribution in [3.8, 4) is 0 Å². The monoisotopic (exact) mass is 389 g/mol. The summed E-state index contributed by atoms with van der Waals surface area (Å²) in [5.74, 6) is -0.190. The summed E-state index contributed by atoms with van der Waals surface area (Å²) < 4.78 is 1.27. The third kappa shape index (κ3) is 3.74. The summed E-state index contributed by atoms with van der Waals surface area (Å²) in [6, 6.07) is 10.9. The van der Waals surface area contributed by atoms with E-state index in [1.807, 2.05) is 31.2 Å². The number of carbonyl (C=O) groups excluding carboxylic acids is 1. The highest BCUT2D eigenvalue weighted by molar-refractivity contribution is 6.38. The number of hydrogen-bond donors (Lipinski definition) is 0. The van der Waals surface area contributed by atoms with Crippen LogP contribution >= 0.6 is 23.2 Å². The molecule has 134 valence electrons. The fourth-order valence-electron chi connectivity index (χ4n) is 2.71. The summed E-state index contributed by atoms with van der Waals surface area (Å²) in [5, 5.41) is 0.946. The van der Waals surface area contributed by atoms with E-state index in [4.69, 9.17) is 23.2 Å². The zero-order valence-electron chi connectivity index (χ0n) is 14.4. The maximum atomic E-state index is 12.6. The lowest BCUT2D eigenvalue weighted by atomic mass is 10.1. The van der Waals surface area contributed by atoms with E-state index in [0.717, 1.165) is 11.1 Å². The summed E-state index contributed by atoms with van der Waals surface area (Å²) in [5.41, 5.74) is 2.20. The first-order valence-electron chi connectivity index (χ1n) is 7.99. The van der Waals surface area contributed by atoms with Crippen molar-refractivity contribution in [2.75, 3.05) is 7.05 Å². The minimum Gasteiger partial charge on any atom is -0.340 e. The second-order valence-corrected chi connectivity index (χ2v) is 6.98. The molecule has 0 saturated heterocycles. The SMILES string of the molecule is Cc1ccccc1CN(C)C(=O)Cn1cnc2c(Cl)cc(Cl)cc2c1=O. The van der Waals surface area contributed by atoms with E-state index in [2.05, 4.69) is 4.98 Å². The largest absolute Gasteiger partial charge is 0.340 e. The first kappa shape index (κ1) is 18.4. The molecular weight excluding hydrogens is 373 g/mol. The van der Waals surface area contributed by atoms with Gasteiger partial charge in [-0.25, -0.2) is 4.98 Å². The molecule has 0 aliphatic rings. The standard InChI is InChI=1S/C19H17Cl2N3O2/c1-12-5-3-4-6-13(12)9-23(2)17(25)10-24-11-22-18-15(19(24)26)7-14(20)8-16(18)21/h3-8,11H,9-10H2,1-2H3. The molecule has 0 aliphatic heterocycles. The molecule has 1 heterocycles. The van der Waals surface area contributed by atoms with Crippen LogP contribution in [0.4, 0.5) is 0 Å². The molecule has 0 saturated carbocycles. The van der Waals surface area contributed by atoms with Crippen molar-refractivity contribution in [2.45, 2.75) is 20.0 Å². The molecule has 0 fully saturated rings. The number of carbonyl (C=O) groups is 1. The quantitative estimate of drug-likeness (QED) is 0.683. The third-order valence-corrected chi connectivity index (χ3v) is 4.75. The Morgan fingerprint density at radius 3 is 2.69 bits per heavy atom. The third-order valence-electron chi connectivity index (χ3n) is 4.25. The molecule has 1 aromatic heterocycles. The molecule has 5 nitrogen and oxygen atoms in total. The Morgan fingerprint density at radius 2 is 1.96 bits per heavy atom. The van der Waals surface area contributed by atoms with Gasteiger partial charge in [-0.15, -0.1) is 0 Å². The molecule has 0 spiro atoms. The molecule has 0 N–H and O–H groups in total. The molecule has 2 aromatic carbocycles. The molecule has 7 heteroatoms. The number of nitrogens with zero attached hydrogens (tertiary/aromatic N) is 3. The van der Waals surface area contributed by atoms with E-state index in [-0.39, 0.29) is 18.0 Å². The zero-order chi connectivity index (χ0) is 18.8. The van der Waals surface area contributed by atoms with Gasteiger partial charge in [-0.2, -0.15) is 0 Å². The Bertz CT molecular complexity index is 1050. The topological polar surface area (TPSA) is 55.2 Å². The minimum atomic E-state index is -0.350. The molecule has 0 radical (unpaired) electrons. The van der Waals surface area contributed by atoms with Crippen LogP contribution in [-0.4, -0.2) is 27.4 Å². The van der Waals surface area contributed by atoms with Gasteiger partial charge in [-0.05, 0) is 30.2 Å². The van der Waals surface area contributed by atoms with Gasteiger partial charge in [0.15, 0.2) is 0 Å². The van der Waals surface area contributed by atoms with Gasteiger partial charge in [0.05, 0.1) is 22.3 Å². The Kier molecular flexibility index (Phi) is 5.30. The number of likely N-dealkylation sites (N-methyl/N-ethyl adjacent to an activating group) is 1. The van der Waals surface area contributed by atoms with Gasteiger partial charge < -0.3 is 4.90 Å². The molecule has 26 heavy (non-hydrogen) atoms. The second-order valence-electron chi connectivity index (χ2n) is 6.14. The number of hydrogen-bond acceptors (Lipinski definition) is 3. The van der Waals surface area contributed by atoms with E-state index in [0.29, 0.717) is 27.5 Å². The lowest BCUT2D eigenvalue weighted by Crippen LogP contribution is -2.33.